The van der Waals surface area contributed by atoms with Crippen molar-refractivity contribution in [1.29, 1.82) is 0 Å². The van der Waals surface area contributed by atoms with Crippen molar-refractivity contribution in [2.45, 2.75) is 44.7 Å². The Labute approximate surface area is 154 Å². The molecule has 0 bridgehead atoms. The summed E-state index contributed by atoms with van der Waals surface area (Å²) in [6, 6.07) is 5.55. The molecule has 0 atom stereocenters. The zero-order valence-electron chi connectivity index (χ0n) is 14.6. The van der Waals surface area contributed by atoms with Gasteiger partial charge in [0.05, 0.1) is 6.42 Å². The lowest BCUT2D eigenvalue weighted by Gasteiger charge is -2.20. The number of hydrogen-bond acceptors (Lipinski definition) is 3. The number of aryl methyl sites for hydroxylation is 1. The fourth-order valence-corrected chi connectivity index (χ4v) is 3.16. The van der Waals surface area contributed by atoms with Gasteiger partial charge in [-0.25, -0.2) is 14.4 Å². The predicted octanol–water partition coefficient (Wildman–Crippen LogP) is 3.41. The highest BCUT2D eigenvalue weighted by atomic mass is 19.4. The van der Waals surface area contributed by atoms with Crippen molar-refractivity contribution in [2.24, 2.45) is 0 Å². The summed E-state index contributed by atoms with van der Waals surface area (Å²) in [6.07, 6.45) is -1.94. The topological polar surface area (TPSA) is 54.9 Å². The van der Waals surface area contributed by atoms with Crippen LogP contribution in [-0.2, 0) is 36.7 Å². The summed E-state index contributed by atoms with van der Waals surface area (Å²) in [5.74, 6) is -0.593. The number of benzene rings is 1. The van der Waals surface area contributed by atoms with Crippen molar-refractivity contribution >= 4 is 5.91 Å². The summed E-state index contributed by atoms with van der Waals surface area (Å²) < 4.78 is 52.7. The minimum absolute atomic E-state index is 0.0686. The summed E-state index contributed by atoms with van der Waals surface area (Å²) in [7, 11) is 0. The Hall–Kier alpha value is -2.51. The Morgan fingerprint density at radius 1 is 1.07 bits per heavy atom. The molecule has 27 heavy (non-hydrogen) atoms. The predicted molar refractivity (Wildman–Crippen MR) is 90.5 cm³/mol. The highest BCUT2D eigenvalue weighted by Crippen LogP contribution is 2.34. The molecule has 144 valence electrons. The second kappa shape index (κ2) is 8.02. The van der Waals surface area contributed by atoms with Crippen LogP contribution in [0, 0.1) is 5.82 Å². The summed E-state index contributed by atoms with van der Waals surface area (Å²) in [4.78, 5) is 19.9. The van der Waals surface area contributed by atoms with Gasteiger partial charge in [-0.1, -0.05) is 12.1 Å². The summed E-state index contributed by atoms with van der Waals surface area (Å²) in [6.45, 7) is 0.135. The van der Waals surface area contributed by atoms with E-state index in [0.717, 1.165) is 6.42 Å². The van der Waals surface area contributed by atoms with Gasteiger partial charge in [-0.2, -0.15) is 13.2 Å². The molecule has 1 heterocycles. The molecule has 1 aliphatic carbocycles. The van der Waals surface area contributed by atoms with Gasteiger partial charge in [-0.15, -0.1) is 0 Å². The number of carbonyl (C=O) groups excluding carboxylic acids is 1. The van der Waals surface area contributed by atoms with Gasteiger partial charge in [0, 0.05) is 24.2 Å². The Morgan fingerprint density at radius 2 is 1.78 bits per heavy atom. The van der Waals surface area contributed by atoms with E-state index in [9.17, 15) is 22.4 Å². The maximum atomic E-state index is 13.3. The highest BCUT2D eigenvalue weighted by molar-refractivity contribution is 5.78. The van der Waals surface area contributed by atoms with Crippen LogP contribution in [0.4, 0.5) is 17.6 Å². The van der Waals surface area contributed by atoms with Crippen molar-refractivity contribution < 1.29 is 22.4 Å². The second-order valence-electron chi connectivity index (χ2n) is 6.52. The molecule has 1 aromatic carbocycles. The maximum absolute atomic E-state index is 13.3. The zero-order chi connectivity index (χ0) is 19.4. The minimum atomic E-state index is -4.51. The van der Waals surface area contributed by atoms with Crippen LogP contribution in [-0.4, -0.2) is 22.4 Å². The number of nitrogens with one attached hydrogen (secondary N) is 1. The lowest BCUT2D eigenvalue weighted by atomic mass is 9.94. The first-order valence-corrected chi connectivity index (χ1v) is 8.80. The van der Waals surface area contributed by atoms with Crippen LogP contribution in [0.15, 0.2) is 24.3 Å². The number of hydrogen-bond donors (Lipinski definition) is 1. The van der Waals surface area contributed by atoms with Crippen LogP contribution in [0.25, 0.3) is 0 Å². The van der Waals surface area contributed by atoms with E-state index >= 15 is 0 Å². The largest absolute Gasteiger partial charge is 0.433 e. The first-order chi connectivity index (χ1) is 12.8. The third-order valence-electron chi connectivity index (χ3n) is 4.45. The van der Waals surface area contributed by atoms with E-state index in [2.05, 4.69) is 15.3 Å². The van der Waals surface area contributed by atoms with E-state index in [0.29, 0.717) is 30.5 Å². The standard InChI is InChI=1S/C19H19F4N3O/c20-13-7-5-12(6-8-13)11-17(27)24-10-9-16-25-15-4-2-1-3-14(15)18(26-16)19(21,22)23/h5-8H,1-4,9-11H2,(H,24,27). The van der Waals surface area contributed by atoms with Crippen molar-refractivity contribution in [3.63, 3.8) is 0 Å². The van der Waals surface area contributed by atoms with Gasteiger partial charge in [-0.3, -0.25) is 4.79 Å². The van der Waals surface area contributed by atoms with Gasteiger partial charge in [0.1, 0.15) is 11.6 Å². The second-order valence-corrected chi connectivity index (χ2v) is 6.52. The molecule has 8 heteroatoms. The fourth-order valence-electron chi connectivity index (χ4n) is 3.16. The molecule has 2 aromatic rings. The Balaban J connectivity index is 1.62. The van der Waals surface area contributed by atoms with E-state index in [-0.39, 0.29) is 42.5 Å². The SMILES string of the molecule is O=C(Cc1ccc(F)cc1)NCCc1nc2c(c(C(F)(F)F)n1)CCCC2. The smallest absolute Gasteiger partial charge is 0.355 e. The first kappa shape index (κ1) is 19.3. The van der Waals surface area contributed by atoms with Gasteiger partial charge in [0.2, 0.25) is 5.91 Å². The first-order valence-electron chi connectivity index (χ1n) is 8.80. The summed E-state index contributed by atoms with van der Waals surface area (Å²) >= 11 is 0. The number of amides is 1. The average molecular weight is 381 g/mol. The molecular weight excluding hydrogens is 362 g/mol. The fraction of sp³-hybridized carbons (Fsp3) is 0.421. The van der Waals surface area contributed by atoms with E-state index < -0.39 is 11.9 Å². The maximum Gasteiger partial charge on any atom is 0.433 e. The zero-order valence-corrected chi connectivity index (χ0v) is 14.6. The summed E-state index contributed by atoms with van der Waals surface area (Å²) in [5.41, 5.74) is 0.479. The lowest BCUT2D eigenvalue weighted by molar-refractivity contribution is -0.142. The van der Waals surface area contributed by atoms with E-state index in [4.69, 9.17) is 0 Å². The highest BCUT2D eigenvalue weighted by Gasteiger charge is 2.37. The van der Waals surface area contributed by atoms with Crippen molar-refractivity contribution in [3.05, 3.63) is 58.4 Å². The normalized spacial score (nSPS) is 13.9. The number of nitrogens with zero attached hydrogens (tertiary/aromatic N) is 2. The van der Waals surface area contributed by atoms with E-state index in [1.165, 1.54) is 24.3 Å². The van der Waals surface area contributed by atoms with Gasteiger partial charge in [0.15, 0.2) is 5.69 Å². The molecule has 1 aliphatic rings. The molecule has 0 aliphatic heterocycles. The van der Waals surface area contributed by atoms with Gasteiger partial charge >= 0.3 is 6.18 Å². The lowest BCUT2D eigenvalue weighted by Crippen LogP contribution is -2.28. The number of aromatic nitrogens is 2. The van der Waals surface area contributed by atoms with E-state index in [1.54, 1.807) is 0 Å². The Morgan fingerprint density at radius 3 is 2.48 bits per heavy atom. The molecule has 0 fully saturated rings. The number of halogens is 4. The molecule has 1 N–H and O–H groups in total. The van der Waals surface area contributed by atoms with Crippen LogP contribution < -0.4 is 5.32 Å². The number of carbonyl (C=O) groups is 1. The number of fused-ring (bicyclic) bond motifs is 1. The molecule has 0 spiro atoms. The quantitative estimate of drug-likeness (QED) is 0.808. The van der Waals surface area contributed by atoms with Crippen LogP contribution in [0.3, 0.4) is 0 Å². The average Bonchev–Trinajstić information content (AvgIpc) is 2.62. The van der Waals surface area contributed by atoms with Gasteiger partial charge in [-0.05, 0) is 43.4 Å². The van der Waals surface area contributed by atoms with Crippen LogP contribution >= 0.6 is 0 Å². The minimum Gasteiger partial charge on any atom is -0.355 e. The Kier molecular flexibility index (Phi) is 5.72. The molecular formula is C19H19F4N3O. The van der Waals surface area contributed by atoms with Crippen LogP contribution in [0.5, 0.6) is 0 Å². The van der Waals surface area contributed by atoms with Crippen LogP contribution in [0.2, 0.25) is 0 Å². The van der Waals surface area contributed by atoms with Crippen molar-refractivity contribution in [1.82, 2.24) is 15.3 Å². The van der Waals surface area contributed by atoms with Crippen LogP contribution in [0.1, 0.15) is 41.2 Å². The van der Waals surface area contributed by atoms with E-state index in [1.807, 2.05) is 0 Å². The monoisotopic (exact) mass is 381 g/mol. The molecule has 0 saturated heterocycles. The van der Waals surface area contributed by atoms with Crippen molar-refractivity contribution in [3.8, 4) is 0 Å². The number of rotatable bonds is 5. The third-order valence-corrected chi connectivity index (χ3v) is 4.45. The molecule has 0 unspecified atom stereocenters. The molecule has 1 amide bonds. The summed E-state index contributed by atoms with van der Waals surface area (Å²) in [5, 5.41) is 2.64. The molecule has 1 aromatic heterocycles. The Bertz CT molecular complexity index is 819. The molecule has 0 saturated carbocycles. The number of alkyl halides is 3. The van der Waals surface area contributed by atoms with Gasteiger partial charge < -0.3 is 5.32 Å². The van der Waals surface area contributed by atoms with Crippen molar-refractivity contribution in [2.75, 3.05) is 6.54 Å². The molecule has 4 nitrogen and oxygen atoms in total. The third kappa shape index (κ3) is 5.02. The molecule has 3 rings (SSSR count). The van der Waals surface area contributed by atoms with Gasteiger partial charge in [0.25, 0.3) is 0 Å². The molecule has 0 radical (unpaired) electrons.